The summed E-state index contributed by atoms with van der Waals surface area (Å²) in [5.41, 5.74) is 3.18. The Morgan fingerprint density at radius 1 is 1.14 bits per heavy atom. The second-order valence-electron chi connectivity index (χ2n) is 4.80. The molecule has 3 aromatic rings. The predicted molar refractivity (Wildman–Crippen MR) is 88.4 cm³/mol. The fourth-order valence-corrected chi connectivity index (χ4v) is 3.97. The Morgan fingerprint density at radius 3 is 2.57 bits per heavy atom. The van der Waals surface area contributed by atoms with E-state index in [4.69, 9.17) is 0 Å². The molecule has 1 atom stereocenters. The van der Waals surface area contributed by atoms with Gasteiger partial charge in [-0.05, 0) is 41.8 Å². The molecule has 0 radical (unpaired) electrons. The number of hydrogen-bond acceptors (Lipinski definition) is 1. The summed E-state index contributed by atoms with van der Waals surface area (Å²) in [5, 5.41) is 0. The summed E-state index contributed by atoms with van der Waals surface area (Å²) >= 11 is 7.15. The molecule has 0 bridgehead atoms. The van der Waals surface area contributed by atoms with Crippen LogP contribution in [0.15, 0.2) is 45.7 Å². The van der Waals surface area contributed by atoms with Crippen LogP contribution in [0.2, 0.25) is 0 Å². The number of benzene rings is 2. The van der Waals surface area contributed by atoms with Gasteiger partial charge in [0.05, 0.1) is 11.0 Å². The van der Waals surface area contributed by atoms with Gasteiger partial charge in [-0.1, -0.05) is 44.0 Å². The Morgan fingerprint density at radius 2 is 1.86 bits per heavy atom. The van der Waals surface area contributed by atoms with Gasteiger partial charge in [0.25, 0.3) is 0 Å². The average Bonchev–Trinajstić information content (AvgIpc) is 2.76. The highest BCUT2D eigenvalue weighted by molar-refractivity contribution is 9.11. The van der Waals surface area contributed by atoms with Gasteiger partial charge < -0.3 is 9.97 Å². The number of nitrogens with one attached hydrogen (secondary N) is 2. The normalized spacial score (nSPS) is 12.7. The zero-order chi connectivity index (χ0) is 15.0. The second kappa shape index (κ2) is 5.77. The van der Waals surface area contributed by atoms with Crippen molar-refractivity contribution in [1.82, 2.24) is 9.97 Å². The van der Waals surface area contributed by atoms with Gasteiger partial charge in [0, 0.05) is 9.30 Å². The van der Waals surface area contributed by atoms with Crippen LogP contribution in [0.1, 0.15) is 16.0 Å². The van der Waals surface area contributed by atoms with Crippen molar-refractivity contribution in [2.24, 2.45) is 0 Å². The smallest absolute Gasteiger partial charge is 0.306 e. The Hall–Kier alpha value is -1.40. The molecular weight excluding hydrogens is 403 g/mol. The summed E-state index contributed by atoms with van der Waals surface area (Å²) in [7, 11) is 0. The number of halogens is 3. The minimum Gasteiger partial charge on any atom is -0.306 e. The van der Waals surface area contributed by atoms with Crippen LogP contribution >= 0.6 is 31.9 Å². The Balaban J connectivity index is 1.95. The minimum absolute atomic E-state index is 0.0106. The first-order chi connectivity index (χ1) is 10.0. The van der Waals surface area contributed by atoms with Gasteiger partial charge in [-0.25, -0.2) is 9.18 Å². The van der Waals surface area contributed by atoms with Gasteiger partial charge >= 0.3 is 5.69 Å². The lowest BCUT2D eigenvalue weighted by Crippen LogP contribution is -1.99. The maximum atomic E-state index is 13.2. The fourth-order valence-electron chi connectivity index (χ4n) is 2.29. The van der Waals surface area contributed by atoms with E-state index in [0.717, 1.165) is 26.6 Å². The van der Waals surface area contributed by atoms with E-state index in [1.54, 1.807) is 6.07 Å². The summed E-state index contributed by atoms with van der Waals surface area (Å²) in [6.07, 6.45) is 0.649. The number of aromatic nitrogens is 2. The molecule has 108 valence electrons. The van der Waals surface area contributed by atoms with E-state index in [9.17, 15) is 9.18 Å². The number of imidazole rings is 1. The first-order valence-corrected chi connectivity index (χ1v) is 8.04. The van der Waals surface area contributed by atoms with Gasteiger partial charge in [0.2, 0.25) is 0 Å². The first kappa shape index (κ1) is 14.5. The highest BCUT2D eigenvalue weighted by Gasteiger charge is 2.14. The summed E-state index contributed by atoms with van der Waals surface area (Å²) in [6.45, 7) is 0. The van der Waals surface area contributed by atoms with E-state index < -0.39 is 0 Å². The van der Waals surface area contributed by atoms with Gasteiger partial charge in [0.1, 0.15) is 5.82 Å². The molecule has 0 aliphatic rings. The molecule has 2 N–H and O–H groups in total. The summed E-state index contributed by atoms with van der Waals surface area (Å²) in [5.74, 6) is -0.239. The molecule has 0 aliphatic heterocycles. The van der Waals surface area contributed by atoms with Crippen molar-refractivity contribution in [3.8, 4) is 0 Å². The molecule has 3 nitrogen and oxygen atoms in total. The standard InChI is InChI=1S/C15H11Br2FN2O/c16-11(5-8-2-1-3-9(18)4-8)10-6-13-14(7-12(10)17)20-15(21)19-13/h1-4,6-7,11H,5H2,(H2,19,20,21). The monoisotopic (exact) mass is 412 g/mol. The van der Waals surface area contributed by atoms with Crippen molar-refractivity contribution in [2.45, 2.75) is 11.2 Å². The molecule has 6 heteroatoms. The Labute approximate surface area is 136 Å². The molecule has 0 saturated carbocycles. The Kier molecular flexibility index (Phi) is 3.99. The molecule has 3 rings (SSSR count). The van der Waals surface area contributed by atoms with E-state index in [-0.39, 0.29) is 16.3 Å². The molecule has 0 fully saturated rings. The van der Waals surface area contributed by atoms with Gasteiger partial charge in [-0.2, -0.15) is 0 Å². The maximum Gasteiger partial charge on any atom is 0.323 e. The lowest BCUT2D eigenvalue weighted by Gasteiger charge is -2.13. The molecular formula is C15H11Br2FN2O. The Bertz CT molecular complexity index is 856. The van der Waals surface area contributed by atoms with E-state index in [0.29, 0.717) is 6.42 Å². The summed E-state index contributed by atoms with van der Waals surface area (Å²) in [4.78, 5) is 16.8. The maximum absolute atomic E-state index is 13.2. The van der Waals surface area contributed by atoms with Gasteiger partial charge in [-0.3, -0.25) is 0 Å². The van der Waals surface area contributed by atoms with Crippen molar-refractivity contribution in [3.05, 3.63) is 68.3 Å². The van der Waals surface area contributed by atoms with E-state index >= 15 is 0 Å². The molecule has 0 saturated heterocycles. The molecule has 2 aromatic carbocycles. The van der Waals surface area contributed by atoms with E-state index in [2.05, 4.69) is 41.8 Å². The number of hydrogen-bond donors (Lipinski definition) is 2. The lowest BCUT2D eigenvalue weighted by atomic mass is 10.0. The minimum atomic E-state index is -0.239. The number of rotatable bonds is 3. The molecule has 1 unspecified atom stereocenters. The van der Waals surface area contributed by atoms with Crippen LogP contribution in [0, 0.1) is 5.82 Å². The van der Waals surface area contributed by atoms with Crippen LogP contribution in [-0.4, -0.2) is 9.97 Å². The molecule has 21 heavy (non-hydrogen) atoms. The number of fused-ring (bicyclic) bond motifs is 1. The van der Waals surface area contributed by atoms with Crippen molar-refractivity contribution in [3.63, 3.8) is 0 Å². The third-order valence-corrected chi connectivity index (χ3v) is 4.78. The molecule has 0 amide bonds. The number of H-pyrrole nitrogens is 2. The van der Waals surface area contributed by atoms with Gasteiger partial charge in [0.15, 0.2) is 0 Å². The average molecular weight is 414 g/mol. The van der Waals surface area contributed by atoms with Crippen molar-refractivity contribution < 1.29 is 4.39 Å². The molecule has 1 heterocycles. The lowest BCUT2D eigenvalue weighted by molar-refractivity contribution is 0.625. The molecule has 0 spiro atoms. The van der Waals surface area contributed by atoms with Crippen LogP contribution in [-0.2, 0) is 6.42 Å². The number of alkyl halides is 1. The molecule has 1 aromatic heterocycles. The highest BCUT2D eigenvalue weighted by atomic mass is 79.9. The summed E-state index contributed by atoms with van der Waals surface area (Å²) in [6, 6.07) is 10.3. The third-order valence-electron chi connectivity index (χ3n) is 3.27. The first-order valence-electron chi connectivity index (χ1n) is 6.33. The van der Waals surface area contributed by atoms with Crippen LogP contribution in [0.5, 0.6) is 0 Å². The summed E-state index contributed by atoms with van der Waals surface area (Å²) < 4.78 is 14.1. The van der Waals surface area contributed by atoms with Crippen molar-refractivity contribution in [1.29, 1.82) is 0 Å². The highest BCUT2D eigenvalue weighted by Crippen LogP contribution is 2.34. The zero-order valence-corrected chi connectivity index (χ0v) is 14.0. The van der Waals surface area contributed by atoms with Crippen LogP contribution in [0.4, 0.5) is 4.39 Å². The van der Waals surface area contributed by atoms with E-state index in [1.807, 2.05) is 18.2 Å². The quantitative estimate of drug-likeness (QED) is 0.613. The topological polar surface area (TPSA) is 48.6 Å². The van der Waals surface area contributed by atoms with Gasteiger partial charge in [-0.15, -0.1) is 0 Å². The SMILES string of the molecule is O=c1[nH]c2cc(Br)c(C(Br)Cc3cccc(F)c3)cc2[nH]1. The van der Waals surface area contributed by atoms with Crippen LogP contribution in [0.25, 0.3) is 11.0 Å². The second-order valence-corrected chi connectivity index (χ2v) is 6.76. The van der Waals surface area contributed by atoms with Crippen LogP contribution < -0.4 is 5.69 Å². The third kappa shape index (κ3) is 3.11. The zero-order valence-electron chi connectivity index (χ0n) is 10.8. The number of aromatic amines is 2. The van der Waals surface area contributed by atoms with Crippen molar-refractivity contribution >= 4 is 42.9 Å². The van der Waals surface area contributed by atoms with Crippen LogP contribution in [0.3, 0.4) is 0 Å². The van der Waals surface area contributed by atoms with E-state index in [1.165, 1.54) is 12.1 Å². The largest absolute Gasteiger partial charge is 0.323 e. The fraction of sp³-hybridized carbons (Fsp3) is 0.133. The van der Waals surface area contributed by atoms with Crippen molar-refractivity contribution in [2.75, 3.05) is 0 Å². The molecule has 0 aliphatic carbocycles. The predicted octanol–water partition coefficient (Wildman–Crippen LogP) is 4.44.